The van der Waals surface area contributed by atoms with Gasteiger partial charge < -0.3 is 14.6 Å². The second-order valence-electron chi connectivity index (χ2n) is 12.6. The summed E-state index contributed by atoms with van der Waals surface area (Å²) >= 11 is 0. The van der Waals surface area contributed by atoms with Crippen LogP contribution >= 0.6 is 0 Å². The van der Waals surface area contributed by atoms with Gasteiger partial charge in [-0.15, -0.1) is 0 Å². The molecule has 0 radical (unpaired) electrons. The lowest BCUT2D eigenvalue weighted by Gasteiger charge is -2.27. The molecule has 0 bridgehead atoms. The van der Waals surface area contributed by atoms with Crippen LogP contribution in [-0.2, 0) is 38.1 Å². The van der Waals surface area contributed by atoms with Gasteiger partial charge in [0.15, 0.2) is 0 Å². The molecule has 3 rings (SSSR count). The zero-order valence-electron chi connectivity index (χ0n) is 27.2. The number of rotatable bonds is 14. The first-order valence-corrected chi connectivity index (χ1v) is 16.4. The fraction of sp³-hybridized carbons (Fsp3) is 0.441. The van der Waals surface area contributed by atoms with E-state index in [9.17, 15) is 23.1 Å². The molecule has 0 saturated heterocycles. The molecule has 3 aromatic rings. The van der Waals surface area contributed by atoms with Gasteiger partial charge in [0.2, 0.25) is 10.0 Å². The van der Waals surface area contributed by atoms with Crippen LogP contribution in [0, 0.1) is 0 Å². The predicted octanol–water partition coefficient (Wildman–Crippen LogP) is 6.78. The van der Waals surface area contributed by atoms with E-state index >= 15 is 0 Å². The Hall–Kier alpha value is -3.96. The molecule has 1 heterocycles. The number of aromatic nitrogens is 1. The summed E-state index contributed by atoms with van der Waals surface area (Å²) in [6.07, 6.45) is 2.40. The highest BCUT2D eigenvalue weighted by atomic mass is 32.2. The highest BCUT2D eigenvalue weighted by molar-refractivity contribution is 7.89. The van der Waals surface area contributed by atoms with Crippen molar-refractivity contribution in [3.8, 4) is 5.75 Å². The van der Waals surface area contributed by atoms with E-state index in [-0.39, 0.29) is 29.2 Å². The molecule has 1 amide bonds. The summed E-state index contributed by atoms with van der Waals surface area (Å²) in [6.45, 7) is 10.9. The summed E-state index contributed by atoms with van der Waals surface area (Å²) < 4.78 is 39.9. The van der Waals surface area contributed by atoms with E-state index in [4.69, 9.17) is 9.47 Å². The molecule has 244 valence electrons. The van der Waals surface area contributed by atoms with Gasteiger partial charge in [-0.05, 0) is 80.1 Å². The smallest absolute Gasteiger partial charge is 0.416 e. The van der Waals surface area contributed by atoms with E-state index in [1.54, 1.807) is 45.0 Å². The molecule has 45 heavy (non-hydrogen) atoms. The fourth-order valence-corrected chi connectivity index (χ4v) is 6.13. The molecule has 0 unspecified atom stereocenters. The summed E-state index contributed by atoms with van der Waals surface area (Å²) in [6, 6.07) is 18.8. The van der Waals surface area contributed by atoms with Gasteiger partial charge in [-0.3, -0.25) is 9.69 Å². The molecule has 10 nitrogen and oxygen atoms in total. The number of carbonyl (C=O) groups is 2. The van der Waals surface area contributed by atoms with Crippen molar-refractivity contribution in [2.24, 2.45) is 0 Å². The molecule has 0 spiro atoms. The molecule has 0 aliphatic rings. The Labute approximate surface area is 267 Å². The Morgan fingerprint density at radius 3 is 2.11 bits per heavy atom. The second kappa shape index (κ2) is 14.9. The minimum absolute atomic E-state index is 0.0102. The standard InChI is InChI=1S/C34H45N3O7S/c1-8-9-21-34(5,6)26-15-13-25(14-16-26)22-36(45(41,42)29-19-17-28(43-7)18-20-29)23-27-11-10-12-30(35-27)37(24-31(38)39)32(40)44-33(2,3)4/h10-20H,8-9,21-24H2,1-7H3,(H,38,39). The average Bonchev–Trinajstić information content (AvgIpc) is 2.98. The van der Waals surface area contributed by atoms with Crippen LogP contribution in [0.15, 0.2) is 71.6 Å². The Morgan fingerprint density at radius 2 is 1.56 bits per heavy atom. The number of benzene rings is 2. The maximum Gasteiger partial charge on any atom is 0.416 e. The minimum atomic E-state index is -4.03. The third kappa shape index (κ3) is 10.0. The summed E-state index contributed by atoms with van der Waals surface area (Å²) in [7, 11) is -2.52. The molecule has 1 N–H and O–H groups in total. The van der Waals surface area contributed by atoms with Gasteiger partial charge >= 0.3 is 12.1 Å². The molecule has 0 aliphatic carbocycles. The van der Waals surface area contributed by atoms with Crippen LogP contribution < -0.4 is 9.64 Å². The minimum Gasteiger partial charge on any atom is -0.497 e. The zero-order valence-corrected chi connectivity index (χ0v) is 28.1. The number of amides is 1. The van der Waals surface area contributed by atoms with E-state index in [2.05, 4.69) is 25.8 Å². The monoisotopic (exact) mass is 639 g/mol. The zero-order chi connectivity index (χ0) is 33.4. The van der Waals surface area contributed by atoms with E-state index in [0.717, 1.165) is 29.7 Å². The number of anilines is 1. The molecule has 0 saturated carbocycles. The highest BCUT2D eigenvalue weighted by Gasteiger charge is 2.29. The highest BCUT2D eigenvalue weighted by Crippen LogP contribution is 2.30. The quantitative estimate of drug-likeness (QED) is 0.205. The van der Waals surface area contributed by atoms with Crippen LogP contribution in [0.1, 0.15) is 77.6 Å². The lowest BCUT2D eigenvalue weighted by atomic mass is 9.80. The van der Waals surface area contributed by atoms with Crippen LogP contribution in [-0.4, -0.2) is 54.1 Å². The van der Waals surface area contributed by atoms with Crippen molar-refractivity contribution in [1.82, 2.24) is 9.29 Å². The lowest BCUT2D eigenvalue weighted by molar-refractivity contribution is -0.135. The molecule has 0 atom stereocenters. The molecule has 11 heteroatoms. The van der Waals surface area contributed by atoms with Gasteiger partial charge in [0.1, 0.15) is 23.7 Å². The van der Waals surface area contributed by atoms with Gasteiger partial charge in [-0.2, -0.15) is 4.31 Å². The molecule has 0 aliphatic heterocycles. The predicted molar refractivity (Wildman–Crippen MR) is 174 cm³/mol. The maximum absolute atomic E-state index is 14.0. The molecule has 1 aromatic heterocycles. The van der Waals surface area contributed by atoms with Gasteiger partial charge in [0, 0.05) is 6.54 Å². The first-order valence-electron chi connectivity index (χ1n) is 15.0. The van der Waals surface area contributed by atoms with E-state index in [1.165, 1.54) is 35.2 Å². The summed E-state index contributed by atoms with van der Waals surface area (Å²) in [5, 5.41) is 9.48. The van der Waals surface area contributed by atoms with Crippen LogP contribution in [0.2, 0.25) is 0 Å². The van der Waals surface area contributed by atoms with Gasteiger partial charge in [-0.25, -0.2) is 18.2 Å². The summed E-state index contributed by atoms with van der Waals surface area (Å²) in [4.78, 5) is 30.0. The van der Waals surface area contributed by atoms with Crippen LogP contribution in [0.3, 0.4) is 0 Å². The van der Waals surface area contributed by atoms with Crippen LogP contribution in [0.25, 0.3) is 0 Å². The fourth-order valence-electron chi connectivity index (χ4n) is 4.73. The van der Waals surface area contributed by atoms with Crippen molar-refractivity contribution < 1.29 is 32.6 Å². The van der Waals surface area contributed by atoms with Crippen molar-refractivity contribution in [1.29, 1.82) is 0 Å². The number of nitrogens with zero attached hydrogens (tertiary/aromatic N) is 3. The Balaban J connectivity index is 1.99. The number of pyridine rings is 1. The van der Waals surface area contributed by atoms with E-state index in [1.807, 2.05) is 24.3 Å². The normalized spacial score (nSPS) is 12.2. The van der Waals surface area contributed by atoms with Crippen molar-refractivity contribution in [3.63, 3.8) is 0 Å². The van der Waals surface area contributed by atoms with Crippen molar-refractivity contribution in [3.05, 3.63) is 83.6 Å². The molecule has 2 aromatic carbocycles. The first kappa shape index (κ1) is 35.5. The number of sulfonamides is 1. The van der Waals surface area contributed by atoms with Crippen LogP contribution in [0.5, 0.6) is 5.75 Å². The number of methoxy groups -OCH3 is 1. The summed E-state index contributed by atoms with van der Waals surface area (Å²) in [5.41, 5.74) is 1.42. The average molecular weight is 640 g/mol. The number of aliphatic carboxylic acids is 1. The van der Waals surface area contributed by atoms with Crippen molar-refractivity contribution in [2.45, 2.75) is 89.8 Å². The number of carboxylic acids is 1. The topological polar surface area (TPSA) is 126 Å². The molecule has 0 fully saturated rings. The third-order valence-electron chi connectivity index (χ3n) is 7.26. The number of unbranched alkanes of at least 4 members (excludes halogenated alkanes) is 1. The van der Waals surface area contributed by atoms with Gasteiger partial charge in [0.25, 0.3) is 0 Å². The Morgan fingerprint density at radius 1 is 0.911 bits per heavy atom. The van der Waals surface area contributed by atoms with Crippen LogP contribution in [0.4, 0.5) is 10.6 Å². The number of ether oxygens (including phenoxy) is 2. The van der Waals surface area contributed by atoms with E-state index in [0.29, 0.717) is 11.4 Å². The first-order chi connectivity index (χ1) is 21.1. The van der Waals surface area contributed by atoms with E-state index < -0.39 is 34.2 Å². The largest absolute Gasteiger partial charge is 0.497 e. The molecular formula is C34H45N3O7S. The summed E-state index contributed by atoms with van der Waals surface area (Å²) in [5.74, 6) is -0.695. The van der Waals surface area contributed by atoms with Gasteiger partial charge in [-0.1, -0.05) is 63.9 Å². The number of hydrogen-bond donors (Lipinski definition) is 1. The number of carbonyl (C=O) groups excluding carboxylic acids is 1. The van der Waals surface area contributed by atoms with Gasteiger partial charge in [0.05, 0.1) is 24.2 Å². The van der Waals surface area contributed by atoms with Crippen molar-refractivity contribution in [2.75, 3.05) is 18.6 Å². The Bertz CT molecular complexity index is 1550. The maximum atomic E-state index is 14.0. The lowest BCUT2D eigenvalue weighted by Crippen LogP contribution is -2.40. The Kier molecular flexibility index (Phi) is 11.7. The second-order valence-corrected chi connectivity index (χ2v) is 14.5. The SMILES string of the molecule is CCCCC(C)(C)c1ccc(CN(Cc2cccc(N(CC(=O)O)C(=O)OC(C)(C)C)n2)S(=O)(=O)c2ccc(OC)cc2)cc1. The molecular weight excluding hydrogens is 594 g/mol. The number of hydrogen-bond acceptors (Lipinski definition) is 7. The van der Waals surface area contributed by atoms with Crippen molar-refractivity contribution >= 4 is 27.9 Å². The third-order valence-corrected chi connectivity index (χ3v) is 9.07. The number of carboxylic acid groups (broad SMARTS) is 1.